The topological polar surface area (TPSA) is 12.0 Å². The fraction of sp³-hybridized carbons (Fsp3) is 0.455. The highest BCUT2D eigenvalue weighted by Crippen LogP contribution is 2.52. The lowest BCUT2D eigenvalue weighted by Gasteiger charge is -2.33. The number of halogens is 19. The number of rotatable bonds is 9. The molecule has 2 aromatic rings. The van der Waals surface area contributed by atoms with Gasteiger partial charge in [0, 0.05) is 6.54 Å². The van der Waals surface area contributed by atoms with E-state index in [2.05, 4.69) is 0 Å². The molecule has 0 unspecified atom stereocenters. The van der Waals surface area contributed by atoms with Crippen molar-refractivity contribution in [3.8, 4) is 11.1 Å². The number of alkyl halides is 9. The van der Waals surface area contributed by atoms with Crippen molar-refractivity contribution in [3.63, 3.8) is 0 Å². The van der Waals surface area contributed by atoms with Crippen molar-refractivity contribution in [2.45, 2.75) is 56.7 Å². The average molecular weight is 653 g/mol. The van der Waals surface area contributed by atoms with Crippen molar-refractivity contribution in [1.82, 2.24) is 5.32 Å². The molecule has 0 bridgehead atoms. The molecule has 240 valence electrons. The Morgan fingerprint density at radius 2 is 0.738 bits per heavy atom. The molecular formula is C22H14F19N. The summed E-state index contributed by atoms with van der Waals surface area (Å²) in [6, 6.07) is -5.67. The summed E-state index contributed by atoms with van der Waals surface area (Å²) in [5, 5.41) is 0.773. The van der Waals surface area contributed by atoms with Crippen LogP contribution >= 0.6 is 0 Å². The first-order valence-corrected chi connectivity index (χ1v) is 10.9. The van der Waals surface area contributed by atoms with Crippen LogP contribution in [0.4, 0.5) is 83.4 Å². The molecule has 0 aliphatic rings. The average Bonchev–Trinajstić information content (AvgIpc) is 2.89. The molecule has 0 aliphatic carbocycles. The second-order valence-electron chi connectivity index (χ2n) is 8.10. The predicted octanol–water partition coefficient (Wildman–Crippen LogP) is 9.33. The summed E-state index contributed by atoms with van der Waals surface area (Å²) in [5.74, 6) is -40.1. The van der Waals surface area contributed by atoms with Crippen LogP contribution in [0.15, 0.2) is 0 Å². The maximum absolute atomic E-state index is 13.4. The van der Waals surface area contributed by atoms with Crippen LogP contribution in [0, 0.1) is 58.2 Å². The zero-order chi connectivity index (χ0) is 33.2. The normalized spacial score (nSPS) is 12.9. The third-order valence-electron chi connectivity index (χ3n) is 5.19. The fourth-order valence-electron chi connectivity index (χ4n) is 2.93. The van der Waals surface area contributed by atoms with Crippen molar-refractivity contribution in [2.75, 3.05) is 6.54 Å². The minimum absolute atomic E-state index is 0.0445. The van der Waals surface area contributed by atoms with Crippen molar-refractivity contribution >= 4 is 0 Å². The zero-order valence-electron chi connectivity index (χ0n) is 20.2. The minimum atomic E-state index is -6.83. The number of hydrogen-bond donors (Lipinski definition) is 1. The Kier molecular flexibility index (Phi) is 11.6. The molecule has 42 heavy (non-hydrogen) atoms. The van der Waals surface area contributed by atoms with E-state index in [4.69, 9.17) is 0 Å². The van der Waals surface area contributed by atoms with Gasteiger partial charge < -0.3 is 0 Å². The van der Waals surface area contributed by atoms with Gasteiger partial charge in [-0.15, -0.1) is 0 Å². The largest absolute Gasteiger partial charge is 0.460 e. The Hall–Kier alpha value is -2.93. The van der Waals surface area contributed by atoms with E-state index in [1.165, 1.54) is 0 Å². The molecule has 1 N–H and O–H groups in total. The van der Waals surface area contributed by atoms with Gasteiger partial charge in [-0.05, 0) is 6.42 Å². The van der Waals surface area contributed by atoms with E-state index in [-0.39, 0.29) is 6.42 Å². The van der Waals surface area contributed by atoms with E-state index >= 15 is 0 Å². The van der Waals surface area contributed by atoms with Crippen LogP contribution in [-0.2, 0) is 0 Å². The van der Waals surface area contributed by atoms with Crippen molar-refractivity contribution < 1.29 is 83.4 Å². The summed E-state index contributed by atoms with van der Waals surface area (Å²) >= 11 is 0. The van der Waals surface area contributed by atoms with Crippen LogP contribution in [-0.4, -0.2) is 30.6 Å². The lowest BCUT2D eigenvalue weighted by Crippen LogP contribution is -2.65. The van der Waals surface area contributed by atoms with E-state index in [1.54, 1.807) is 6.92 Å². The first-order valence-electron chi connectivity index (χ1n) is 10.9. The summed E-state index contributed by atoms with van der Waals surface area (Å²) in [6.45, 7) is 0.983. The summed E-state index contributed by atoms with van der Waals surface area (Å²) in [4.78, 5) is 0. The van der Waals surface area contributed by atoms with Gasteiger partial charge in [0.05, 0.1) is 11.1 Å². The van der Waals surface area contributed by atoms with Gasteiger partial charge in [-0.2, -0.15) is 39.5 Å². The fourth-order valence-corrected chi connectivity index (χ4v) is 2.93. The molecule has 0 heterocycles. The van der Waals surface area contributed by atoms with Gasteiger partial charge in [0.15, 0.2) is 46.5 Å². The van der Waals surface area contributed by atoms with Gasteiger partial charge in [-0.1, -0.05) is 26.2 Å². The van der Waals surface area contributed by atoms with Gasteiger partial charge >= 0.3 is 24.1 Å². The van der Waals surface area contributed by atoms with Gasteiger partial charge in [-0.3, -0.25) is 5.32 Å². The van der Waals surface area contributed by atoms with Gasteiger partial charge in [-0.25, -0.2) is 43.9 Å². The number of unbranched alkanes of at least 4 members (excludes halogenated alkanes) is 3. The molecule has 0 fully saturated rings. The minimum Gasteiger partial charge on any atom is -0.253 e. The van der Waals surface area contributed by atoms with Gasteiger partial charge in [0.2, 0.25) is 11.6 Å². The molecule has 20 heteroatoms. The Bertz CT molecular complexity index is 1140. The highest BCUT2D eigenvalue weighted by Gasteiger charge is 2.81. The van der Waals surface area contributed by atoms with Crippen LogP contribution in [0.3, 0.4) is 0 Å². The quantitative estimate of drug-likeness (QED) is 0.0936. The van der Waals surface area contributed by atoms with Crippen LogP contribution in [0.2, 0.25) is 0 Å². The molecule has 0 radical (unpaired) electrons. The van der Waals surface area contributed by atoms with Gasteiger partial charge in [0.1, 0.15) is 0 Å². The number of hydrogen-bond acceptors (Lipinski definition) is 1. The van der Waals surface area contributed by atoms with Crippen LogP contribution in [0.5, 0.6) is 0 Å². The van der Waals surface area contributed by atoms with E-state index in [0.29, 0.717) is 19.3 Å². The summed E-state index contributed by atoms with van der Waals surface area (Å²) in [5.41, 5.74) is -4.52. The third-order valence-corrected chi connectivity index (χ3v) is 5.19. The summed E-state index contributed by atoms with van der Waals surface area (Å²) in [6.07, 6.45) is -5.15. The molecular weight excluding hydrogens is 639 g/mol. The molecule has 0 aromatic heterocycles. The maximum atomic E-state index is 13.4. The monoisotopic (exact) mass is 653 g/mol. The highest BCUT2D eigenvalue weighted by atomic mass is 19.4. The maximum Gasteiger partial charge on any atom is 0.460 e. The third kappa shape index (κ3) is 6.82. The standard InChI is InChI=1S/C12F10.C10H14F9N/c13-3-1(4(14)8(18)11(21)7(3)17)2-5(15)9(19)12(22)10(20)6(2)16;1-2-3-4-5-6-20-10(18,19)8(13,14)7(11,12)9(15,16)17/h;20H,2-6H2,1H3. The van der Waals surface area contributed by atoms with E-state index in [0.717, 1.165) is 5.32 Å². The Balaban J connectivity index is 0.000000423. The first kappa shape index (κ1) is 37.1. The molecule has 0 amide bonds. The van der Waals surface area contributed by atoms with Gasteiger partial charge in [0.25, 0.3) is 0 Å². The van der Waals surface area contributed by atoms with Crippen molar-refractivity contribution in [2.24, 2.45) is 0 Å². The highest BCUT2D eigenvalue weighted by molar-refractivity contribution is 5.67. The van der Waals surface area contributed by atoms with E-state index < -0.39 is 99.9 Å². The van der Waals surface area contributed by atoms with Crippen LogP contribution < -0.4 is 5.32 Å². The summed E-state index contributed by atoms with van der Waals surface area (Å²) in [7, 11) is 0. The molecule has 0 aliphatic heterocycles. The molecule has 0 saturated heterocycles. The summed E-state index contributed by atoms with van der Waals surface area (Å²) < 4.78 is 243. The second-order valence-corrected chi connectivity index (χ2v) is 8.10. The molecule has 2 rings (SSSR count). The predicted molar refractivity (Wildman–Crippen MR) is 104 cm³/mol. The first-order chi connectivity index (χ1) is 18.9. The number of nitrogens with one attached hydrogen (secondary N) is 1. The molecule has 2 aromatic carbocycles. The second kappa shape index (κ2) is 13.2. The van der Waals surface area contributed by atoms with Crippen LogP contribution in [0.1, 0.15) is 32.6 Å². The lowest BCUT2D eigenvalue weighted by atomic mass is 10.0. The van der Waals surface area contributed by atoms with E-state index in [9.17, 15) is 83.4 Å². The Morgan fingerprint density at radius 1 is 0.429 bits per heavy atom. The lowest BCUT2D eigenvalue weighted by molar-refractivity contribution is -0.400. The van der Waals surface area contributed by atoms with E-state index in [1.807, 2.05) is 0 Å². The molecule has 0 saturated carbocycles. The van der Waals surface area contributed by atoms with Crippen LogP contribution in [0.25, 0.3) is 11.1 Å². The molecule has 0 spiro atoms. The molecule has 1 nitrogen and oxygen atoms in total. The zero-order valence-corrected chi connectivity index (χ0v) is 20.2. The number of benzene rings is 2. The SMILES string of the molecule is CCCCCCNC(F)(F)C(F)(F)C(F)(F)C(F)(F)F.Fc1c(F)c(F)c(-c2c(F)c(F)c(F)c(F)c2F)c(F)c1F. The van der Waals surface area contributed by atoms with Crippen molar-refractivity contribution in [1.29, 1.82) is 0 Å². The molecule has 0 atom stereocenters. The van der Waals surface area contributed by atoms with Crippen molar-refractivity contribution in [3.05, 3.63) is 58.2 Å². The Morgan fingerprint density at radius 3 is 1.02 bits per heavy atom. The Labute approximate surface area is 222 Å². The smallest absolute Gasteiger partial charge is 0.253 e.